The standard InChI is InChI=1S/C20H30N4O/c1-2-23-12-10-21-20(23)17-22-13-14-24(19(16-22)9-15-25)11-8-18-6-4-3-5-7-18/h3-7,10,12,19,25H,2,8-9,11,13-17H2,1H3/t19-/m1/s1. The van der Waals surface area contributed by atoms with Crippen LogP contribution in [-0.2, 0) is 19.5 Å². The summed E-state index contributed by atoms with van der Waals surface area (Å²) in [5.74, 6) is 1.14. The van der Waals surface area contributed by atoms with Crippen molar-refractivity contribution in [2.75, 3.05) is 32.8 Å². The zero-order chi connectivity index (χ0) is 17.5. The summed E-state index contributed by atoms with van der Waals surface area (Å²) in [6.07, 6.45) is 5.85. The molecule has 5 nitrogen and oxygen atoms in total. The van der Waals surface area contributed by atoms with Gasteiger partial charge in [0.15, 0.2) is 0 Å². The summed E-state index contributed by atoms with van der Waals surface area (Å²) >= 11 is 0. The van der Waals surface area contributed by atoms with Crippen LogP contribution >= 0.6 is 0 Å². The molecule has 1 N–H and O–H groups in total. The fourth-order valence-corrected chi connectivity index (χ4v) is 3.72. The van der Waals surface area contributed by atoms with E-state index in [-0.39, 0.29) is 6.61 Å². The third kappa shape index (κ3) is 4.91. The minimum atomic E-state index is 0.254. The molecule has 1 aromatic heterocycles. The Labute approximate surface area is 150 Å². The zero-order valence-electron chi connectivity index (χ0n) is 15.2. The van der Waals surface area contributed by atoms with Gasteiger partial charge in [-0.05, 0) is 25.3 Å². The lowest BCUT2D eigenvalue weighted by atomic mass is 10.1. The number of aromatic nitrogens is 2. The first-order valence-corrected chi connectivity index (χ1v) is 9.41. The Hall–Kier alpha value is -1.69. The number of imidazole rings is 1. The first-order chi connectivity index (χ1) is 12.3. The Kier molecular flexibility index (Phi) is 6.62. The maximum Gasteiger partial charge on any atom is 0.122 e. The van der Waals surface area contributed by atoms with E-state index < -0.39 is 0 Å². The van der Waals surface area contributed by atoms with Gasteiger partial charge in [0.25, 0.3) is 0 Å². The molecule has 0 amide bonds. The van der Waals surface area contributed by atoms with Gasteiger partial charge in [-0.25, -0.2) is 4.98 Å². The lowest BCUT2D eigenvalue weighted by molar-refractivity contribution is 0.0544. The summed E-state index contributed by atoms with van der Waals surface area (Å²) in [5, 5.41) is 9.49. The Morgan fingerprint density at radius 2 is 2.04 bits per heavy atom. The number of aryl methyl sites for hydroxylation is 1. The van der Waals surface area contributed by atoms with Crippen LogP contribution in [-0.4, -0.2) is 63.3 Å². The van der Waals surface area contributed by atoms with E-state index in [1.54, 1.807) is 0 Å². The minimum Gasteiger partial charge on any atom is -0.396 e. The van der Waals surface area contributed by atoms with Crippen LogP contribution < -0.4 is 0 Å². The first-order valence-electron chi connectivity index (χ1n) is 9.41. The van der Waals surface area contributed by atoms with Gasteiger partial charge in [-0.3, -0.25) is 9.80 Å². The van der Waals surface area contributed by atoms with Crippen molar-refractivity contribution in [2.45, 2.75) is 38.9 Å². The van der Waals surface area contributed by atoms with Crippen LogP contribution in [0, 0.1) is 0 Å². The molecule has 1 aliphatic heterocycles. The highest BCUT2D eigenvalue weighted by Gasteiger charge is 2.26. The summed E-state index contributed by atoms with van der Waals surface area (Å²) in [5.41, 5.74) is 1.39. The van der Waals surface area contributed by atoms with Crippen molar-refractivity contribution in [1.82, 2.24) is 19.4 Å². The molecule has 1 fully saturated rings. The van der Waals surface area contributed by atoms with E-state index >= 15 is 0 Å². The van der Waals surface area contributed by atoms with Crippen LogP contribution in [0.1, 0.15) is 24.7 Å². The molecule has 2 heterocycles. The summed E-state index contributed by atoms with van der Waals surface area (Å²) in [6, 6.07) is 11.1. The summed E-state index contributed by atoms with van der Waals surface area (Å²) < 4.78 is 2.21. The molecule has 136 valence electrons. The Morgan fingerprint density at radius 1 is 1.20 bits per heavy atom. The first kappa shape index (κ1) is 18.1. The second-order valence-corrected chi connectivity index (χ2v) is 6.80. The number of hydrogen-bond donors (Lipinski definition) is 1. The fraction of sp³-hybridized carbons (Fsp3) is 0.550. The lowest BCUT2D eigenvalue weighted by Crippen LogP contribution is -2.53. The van der Waals surface area contributed by atoms with Crippen molar-refractivity contribution in [3.8, 4) is 0 Å². The highest BCUT2D eigenvalue weighted by molar-refractivity contribution is 5.15. The number of aliphatic hydroxyl groups excluding tert-OH is 1. The number of piperazine rings is 1. The highest BCUT2D eigenvalue weighted by Crippen LogP contribution is 2.16. The van der Waals surface area contributed by atoms with Crippen molar-refractivity contribution < 1.29 is 5.11 Å². The number of benzene rings is 1. The molecule has 3 rings (SSSR count). The molecule has 0 spiro atoms. The SMILES string of the molecule is CCn1ccnc1CN1CCN(CCc2ccccc2)[C@H](CCO)C1. The second-order valence-electron chi connectivity index (χ2n) is 6.80. The number of hydrogen-bond acceptors (Lipinski definition) is 4. The number of nitrogens with zero attached hydrogens (tertiary/aromatic N) is 4. The van der Waals surface area contributed by atoms with Crippen molar-refractivity contribution in [1.29, 1.82) is 0 Å². The van der Waals surface area contributed by atoms with E-state index in [2.05, 4.69) is 62.8 Å². The van der Waals surface area contributed by atoms with Gasteiger partial charge < -0.3 is 9.67 Å². The van der Waals surface area contributed by atoms with E-state index in [0.717, 1.165) is 57.9 Å². The average Bonchev–Trinajstić information content (AvgIpc) is 3.09. The van der Waals surface area contributed by atoms with Crippen molar-refractivity contribution in [3.63, 3.8) is 0 Å². The molecule has 1 aromatic carbocycles. The zero-order valence-corrected chi connectivity index (χ0v) is 15.2. The van der Waals surface area contributed by atoms with Crippen LogP contribution in [0.15, 0.2) is 42.7 Å². The van der Waals surface area contributed by atoms with E-state index in [1.807, 2.05) is 6.20 Å². The largest absolute Gasteiger partial charge is 0.396 e. The molecule has 0 unspecified atom stereocenters. The van der Waals surface area contributed by atoms with Gasteiger partial charge in [-0.1, -0.05) is 30.3 Å². The van der Waals surface area contributed by atoms with Crippen LogP contribution in [0.5, 0.6) is 0 Å². The van der Waals surface area contributed by atoms with Gasteiger partial charge in [0.05, 0.1) is 6.54 Å². The molecule has 1 saturated heterocycles. The van der Waals surface area contributed by atoms with Gasteiger partial charge in [0.1, 0.15) is 5.82 Å². The van der Waals surface area contributed by atoms with E-state index in [0.29, 0.717) is 6.04 Å². The second kappa shape index (κ2) is 9.13. The lowest BCUT2D eigenvalue weighted by Gasteiger charge is -2.41. The van der Waals surface area contributed by atoms with Crippen molar-refractivity contribution >= 4 is 0 Å². The third-order valence-corrected chi connectivity index (χ3v) is 5.19. The van der Waals surface area contributed by atoms with Crippen molar-refractivity contribution in [3.05, 3.63) is 54.1 Å². The van der Waals surface area contributed by atoms with Crippen molar-refractivity contribution in [2.24, 2.45) is 0 Å². The molecule has 0 aliphatic carbocycles. The summed E-state index contributed by atoms with van der Waals surface area (Å²) in [4.78, 5) is 9.53. The predicted molar refractivity (Wildman–Crippen MR) is 100 cm³/mol. The highest BCUT2D eigenvalue weighted by atomic mass is 16.3. The molecule has 5 heteroatoms. The minimum absolute atomic E-state index is 0.254. The Bertz CT molecular complexity index is 628. The fourth-order valence-electron chi connectivity index (χ4n) is 3.72. The monoisotopic (exact) mass is 342 g/mol. The molecule has 0 saturated carbocycles. The van der Waals surface area contributed by atoms with Gasteiger partial charge in [-0.2, -0.15) is 0 Å². The summed E-state index contributed by atoms with van der Waals surface area (Å²) in [6.45, 7) is 8.46. The van der Waals surface area contributed by atoms with Gasteiger partial charge in [-0.15, -0.1) is 0 Å². The number of aliphatic hydroxyl groups is 1. The van der Waals surface area contributed by atoms with Crippen LogP contribution in [0.25, 0.3) is 0 Å². The predicted octanol–water partition coefficient (Wildman–Crippen LogP) is 2.01. The average molecular weight is 342 g/mol. The normalized spacial score (nSPS) is 19.4. The number of rotatable bonds is 8. The molecular formula is C20H30N4O. The van der Waals surface area contributed by atoms with Gasteiger partial charge >= 0.3 is 0 Å². The van der Waals surface area contributed by atoms with E-state index in [1.165, 1.54) is 5.56 Å². The van der Waals surface area contributed by atoms with Crippen LogP contribution in [0.4, 0.5) is 0 Å². The smallest absolute Gasteiger partial charge is 0.122 e. The van der Waals surface area contributed by atoms with E-state index in [9.17, 15) is 5.11 Å². The topological polar surface area (TPSA) is 44.5 Å². The Balaban J connectivity index is 1.56. The van der Waals surface area contributed by atoms with Crippen LogP contribution in [0.2, 0.25) is 0 Å². The summed E-state index contributed by atoms with van der Waals surface area (Å²) in [7, 11) is 0. The van der Waals surface area contributed by atoms with Gasteiger partial charge in [0.2, 0.25) is 0 Å². The third-order valence-electron chi connectivity index (χ3n) is 5.19. The maximum absolute atomic E-state index is 9.49. The quantitative estimate of drug-likeness (QED) is 0.797. The Morgan fingerprint density at radius 3 is 2.80 bits per heavy atom. The molecule has 0 bridgehead atoms. The molecule has 25 heavy (non-hydrogen) atoms. The molecule has 0 radical (unpaired) electrons. The molecule has 2 aromatic rings. The molecule has 1 atom stereocenters. The maximum atomic E-state index is 9.49. The molecule has 1 aliphatic rings. The van der Waals surface area contributed by atoms with Crippen LogP contribution in [0.3, 0.4) is 0 Å². The van der Waals surface area contributed by atoms with Gasteiger partial charge in [0, 0.05) is 57.8 Å². The molecular weight excluding hydrogens is 312 g/mol. The van der Waals surface area contributed by atoms with E-state index in [4.69, 9.17) is 0 Å².